The third-order valence-corrected chi connectivity index (χ3v) is 6.13. The predicted molar refractivity (Wildman–Crippen MR) is 133 cm³/mol. The molecule has 1 aromatic heterocycles. The van der Waals surface area contributed by atoms with Crippen LogP contribution in [0.15, 0.2) is 84.9 Å². The fourth-order valence-electron chi connectivity index (χ4n) is 4.31. The molecule has 0 aliphatic heterocycles. The standard InChI is InChI=1S/C28H31N5O/c1-2-3-4-11-19-25(27-30-32-33-31-27)23-17-12-18-24(20-23)28(34)29-26(21-13-7-5-8-14-21)22-15-9-6-10-16-22/h5-10,12-18,20,25-26H,2-4,11,19H2,1H3,(H,29,34)(H,30,31,32,33). The van der Waals surface area contributed by atoms with E-state index in [9.17, 15) is 4.79 Å². The maximum atomic E-state index is 13.4. The van der Waals surface area contributed by atoms with Gasteiger partial charge in [-0.3, -0.25) is 4.79 Å². The number of unbranched alkanes of at least 4 members (excludes halogenated alkanes) is 3. The van der Waals surface area contributed by atoms with Crippen LogP contribution in [0, 0.1) is 0 Å². The number of tetrazole rings is 1. The Morgan fingerprint density at radius 2 is 1.53 bits per heavy atom. The number of hydrogen-bond acceptors (Lipinski definition) is 4. The molecule has 0 fully saturated rings. The fraction of sp³-hybridized carbons (Fsp3) is 0.286. The van der Waals surface area contributed by atoms with Crippen molar-refractivity contribution in [1.82, 2.24) is 25.9 Å². The lowest BCUT2D eigenvalue weighted by molar-refractivity contribution is 0.0943. The van der Waals surface area contributed by atoms with Crippen molar-refractivity contribution in [2.75, 3.05) is 0 Å². The van der Waals surface area contributed by atoms with Crippen LogP contribution in [0.4, 0.5) is 0 Å². The van der Waals surface area contributed by atoms with Crippen molar-refractivity contribution in [2.45, 2.75) is 51.0 Å². The Bertz CT molecular complexity index is 1110. The lowest BCUT2D eigenvalue weighted by atomic mass is 9.91. The molecule has 0 saturated heterocycles. The second-order valence-corrected chi connectivity index (χ2v) is 8.54. The molecule has 0 saturated carbocycles. The number of aromatic nitrogens is 4. The first-order chi connectivity index (χ1) is 16.8. The highest BCUT2D eigenvalue weighted by atomic mass is 16.1. The molecule has 3 aromatic carbocycles. The van der Waals surface area contributed by atoms with E-state index in [0.717, 1.165) is 35.4 Å². The fourth-order valence-corrected chi connectivity index (χ4v) is 4.31. The van der Waals surface area contributed by atoms with E-state index in [4.69, 9.17) is 0 Å². The second-order valence-electron chi connectivity index (χ2n) is 8.54. The Morgan fingerprint density at radius 1 is 0.853 bits per heavy atom. The number of H-pyrrole nitrogens is 1. The third-order valence-electron chi connectivity index (χ3n) is 6.13. The van der Waals surface area contributed by atoms with Crippen LogP contribution >= 0.6 is 0 Å². The summed E-state index contributed by atoms with van der Waals surface area (Å²) in [7, 11) is 0. The first-order valence-electron chi connectivity index (χ1n) is 12.0. The van der Waals surface area contributed by atoms with Gasteiger partial charge in [0.15, 0.2) is 5.82 Å². The van der Waals surface area contributed by atoms with Gasteiger partial charge in [-0.05, 0) is 45.7 Å². The molecule has 6 heteroatoms. The minimum Gasteiger partial charge on any atom is -0.341 e. The monoisotopic (exact) mass is 453 g/mol. The molecular weight excluding hydrogens is 422 g/mol. The highest BCUT2D eigenvalue weighted by molar-refractivity contribution is 5.95. The van der Waals surface area contributed by atoms with Crippen LogP contribution in [0.25, 0.3) is 0 Å². The van der Waals surface area contributed by atoms with Crippen molar-refractivity contribution < 1.29 is 4.79 Å². The highest BCUT2D eigenvalue weighted by Gasteiger charge is 2.21. The van der Waals surface area contributed by atoms with Gasteiger partial charge in [-0.2, -0.15) is 0 Å². The van der Waals surface area contributed by atoms with Crippen LogP contribution in [0.3, 0.4) is 0 Å². The maximum absolute atomic E-state index is 13.4. The van der Waals surface area contributed by atoms with Crippen molar-refractivity contribution in [2.24, 2.45) is 0 Å². The molecule has 1 heterocycles. The molecule has 1 amide bonds. The topological polar surface area (TPSA) is 83.6 Å². The molecule has 174 valence electrons. The summed E-state index contributed by atoms with van der Waals surface area (Å²) in [5, 5.41) is 17.9. The number of nitrogens with zero attached hydrogens (tertiary/aromatic N) is 3. The first kappa shape index (κ1) is 23.4. The Hall–Kier alpha value is -3.80. The number of carbonyl (C=O) groups excluding carboxylic acids is 1. The lowest BCUT2D eigenvalue weighted by Crippen LogP contribution is -2.29. The molecule has 0 bridgehead atoms. The van der Waals surface area contributed by atoms with Crippen molar-refractivity contribution in [1.29, 1.82) is 0 Å². The molecule has 1 atom stereocenters. The summed E-state index contributed by atoms with van der Waals surface area (Å²) < 4.78 is 0. The predicted octanol–water partition coefficient (Wildman–Crippen LogP) is 5.82. The van der Waals surface area contributed by atoms with Crippen molar-refractivity contribution in [3.63, 3.8) is 0 Å². The van der Waals surface area contributed by atoms with E-state index in [1.54, 1.807) is 0 Å². The Balaban J connectivity index is 1.57. The van der Waals surface area contributed by atoms with Crippen LogP contribution in [-0.2, 0) is 0 Å². The van der Waals surface area contributed by atoms with Gasteiger partial charge in [0.2, 0.25) is 0 Å². The molecule has 0 aliphatic rings. The molecular formula is C28H31N5O. The van der Waals surface area contributed by atoms with Gasteiger partial charge < -0.3 is 5.32 Å². The number of hydrogen-bond donors (Lipinski definition) is 2. The summed E-state index contributed by atoms with van der Waals surface area (Å²) in [5.41, 5.74) is 3.75. The van der Waals surface area contributed by atoms with E-state index in [1.807, 2.05) is 78.9 Å². The van der Waals surface area contributed by atoms with E-state index in [0.29, 0.717) is 5.56 Å². The number of aromatic amines is 1. The van der Waals surface area contributed by atoms with Crippen molar-refractivity contribution in [3.05, 3.63) is 113 Å². The van der Waals surface area contributed by atoms with Gasteiger partial charge in [0.25, 0.3) is 5.91 Å². The molecule has 4 rings (SSSR count). The second kappa shape index (κ2) is 11.9. The lowest BCUT2D eigenvalue weighted by Gasteiger charge is -2.21. The number of nitrogens with one attached hydrogen (secondary N) is 2. The van der Waals surface area contributed by atoms with Crippen LogP contribution < -0.4 is 5.32 Å². The summed E-state index contributed by atoms with van der Waals surface area (Å²) in [6, 6.07) is 27.7. The van der Waals surface area contributed by atoms with E-state index < -0.39 is 0 Å². The average Bonchev–Trinajstić information content (AvgIpc) is 3.43. The molecule has 0 aliphatic carbocycles. The minimum atomic E-state index is -0.234. The van der Waals surface area contributed by atoms with Crippen molar-refractivity contribution >= 4 is 5.91 Å². The van der Waals surface area contributed by atoms with E-state index in [1.165, 1.54) is 19.3 Å². The van der Waals surface area contributed by atoms with Gasteiger partial charge in [0.1, 0.15) is 0 Å². The van der Waals surface area contributed by atoms with Gasteiger partial charge in [0, 0.05) is 11.5 Å². The highest BCUT2D eigenvalue weighted by Crippen LogP contribution is 2.29. The Labute approximate surface area is 200 Å². The van der Waals surface area contributed by atoms with Gasteiger partial charge in [-0.1, -0.05) is 105 Å². The normalized spacial score (nSPS) is 11.9. The first-order valence-corrected chi connectivity index (χ1v) is 12.0. The summed E-state index contributed by atoms with van der Waals surface area (Å²) in [6.45, 7) is 2.21. The maximum Gasteiger partial charge on any atom is 0.252 e. The molecule has 1 unspecified atom stereocenters. The zero-order chi connectivity index (χ0) is 23.6. The van der Waals surface area contributed by atoms with Crippen LogP contribution in [-0.4, -0.2) is 26.5 Å². The third kappa shape index (κ3) is 5.95. The van der Waals surface area contributed by atoms with Gasteiger partial charge in [-0.25, -0.2) is 5.10 Å². The zero-order valence-electron chi connectivity index (χ0n) is 19.5. The number of benzene rings is 3. The summed E-state index contributed by atoms with van der Waals surface area (Å²) in [4.78, 5) is 13.4. The number of amides is 1. The summed E-state index contributed by atoms with van der Waals surface area (Å²) in [6.07, 6.45) is 5.58. The largest absolute Gasteiger partial charge is 0.341 e. The summed E-state index contributed by atoms with van der Waals surface area (Å²) in [5.74, 6) is 0.652. The minimum absolute atomic E-state index is 0.0265. The Kier molecular flexibility index (Phi) is 8.17. The zero-order valence-corrected chi connectivity index (χ0v) is 19.5. The molecule has 0 radical (unpaired) electrons. The number of rotatable bonds is 11. The molecule has 34 heavy (non-hydrogen) atoms. The molecule has 2 N–H and O–H groups in total. The van der Waals surface area contributed by atoms with Gasteiger partial charge >= 0.3 is 0 Å². The average molecular weight is 454 g/mol. The van der Waals surface area contributed by atoms with E-state index in [-0.39, 0.29) is 17.9 Å². The Morgan fingerprint density at radius 3 is 2.15 bits per heavy atom. The van der Waals surface area contributed by atoms with Crippen LogP contribution in [0.5, 0.6) is 0 Å². The van der Waals surface area contributed by atoms with Gasteiger partial charge in [-0.15, -0.1) is 5.10 Å². The van der Waals surface area contributed by atoms with Gasteiger partial charge in [0.05, 0.1) is 6.04 Å². The quantitative estimate of drug-likeness (QED) is 0.280. The van der Waals surface area contributed by atoms with E-state index in [2.05, 4.69) is 38.9 Å². The number of carbonyl (C=O) groups is 1. The molecule has 4 aromatic rings. The molecule has 6 nitrogen and oxygen atoms in total. The van der Waals surface area contributed by atoms with Crippen LogP contribution in [0.2, 0.25) is 0 Å². The molecule has 0 spiro atoms. The van der Waals surface area contributed by atoms with E-state index >= 15 is 0 Å². The van der Waals surface area contributed by atoms with Crippen molar-refractivity contribution in [3.8, 4) is 0 Å². The summed E-state index contributed by atoms with van der Waals surface area (Å²) >= 11 is 0. The van der Waals surface area contributed by atoms with Crippen LogP contribution in [0.1, 0.15) is 83.9 Å². The SMILES string of the molecule is CCCCCCC(c1cccc(C(=O)NC(c2ccccc2)c2ccccc2)c1)c1nnn[nH]1. The smallest absolute Gasteiger partial charge is 0.252 e.